The smallest absolute Gasteiger partial charge is 0.339 e. The normalized spacial score (nSPS) is 16.7. The SMILES string of the molecule is O=c1oc2cc(O)ccc2cc1C1CCCC1. The molecule has 17 heavy (non-hydrogen) atoms. The van der Waals surface area contributed by atoms with E-state index in [0.29, 0.717) is 11.5 Å². The molecule has 1 aliphatic rings. The van der Waals surface area contributed by atoms with E-state index in [1.807, 2.05) is 6.07 Å². The summed E-state index contributed by atoms with van der Waals surface area (Å²) in [5.41, 5.74) is 0.993. The fraction of sp³-hybridized carbons (Fsp3) is 0.357. The maximum atomic E-state index is 11.9. The van der Waals surface area contributed by atoms with Crippen LogP contribution in [0.5, 0.6) is 5.75 Å². The van der Waals surface area contributed by atoms with Gasteiger partial charge in [-0.2, -0.15) is 0 Å². The van der Waals surface area contributed by atoms with Gasteiger partial charge < -0.3 is 9.52 Å². The summed E-state index contributed by atoms with van der Waals surface area (Å²) in [7, 11) is 0. The molecule has 1 N–H and O–H groups in total. The molecule has 1 fully saturated rings. The lowest BCUT2D eigenvalue weighted by molar-refractivity contribution is 0.472. The number of fused-ring (bicyclic) bond motifs is 1. The Hall–Kier alpha value is -1.77. The number of hydrogen-bond acceptors (Lipinski definition) is 3. The van der Waals surface area contributed by atoms with E-state index in [1.165, 1.54) is 18.9 Å². The third-order valence-corrected chi connectivity index (χ3v) is 3.54. The number of rotatable bonds is 1. The number of phenolic OH excluding ortho intramolecular Hbond substituents is 1. The highest BCUT2D eigenvalue weighted by Crippen LogP contribution is 2.33. The molecule has 0 radical (unpaired) electrons. The molecular formula is C14H14O3. The minimum absolute atomic E-state index is 0.120. The molecule has 0 saturated heterocycles. The van der Waals surface area contributed by atoms with E-state index in [9.17, 15) is 9.90 Å². The van der Waals surface area contributed by atoms with Gasteiger partial charge in [0.25, 0.3) is 0 Å². The molecule has 3 nitrogen and oxygen atoms in total. The third kappa shape index (κ3) is 1.82. The van der Waals surface area contributed by atoms with Crippen LogP contribution in [0.25, 0.3) is 11.0 Å². The number of hydrogen-bond donors (Lipinski definition) is 1. The van der Waals surface area contributed by atoms with Gasteiger partial charge in [0.05, 0.1) is 0 Å². The lowest BCUT2D eigenvalue weighted by atomic mass is 9.98. The molecule has 0 bridgehead atoms. The maximum absolute atomic E-state index is 11.9. The van der Waals surface area contributed by atoms with Gasteiger partial charge >= 0.3 is 5.63 Å². The van der Waals surface area contributed by atoms with Crippen LogP contribution in [-0.2, 0) is 0 Å². The molecule has 88 valence electrons. The summed E-state index contributed by atoms with van der Waals surface area (Å²) in [6.07, 6.45) is 4.54. The van der Waals surface area contributed by atoms with Crippen LogP contribution in [0.3, 0.4) is 0 Å². The van der Waals surface area contributed by atoms with E-state index < -0.39 is 0 Å². The Morgan fingerprint density at radius 3 is 2.71 bits per heavy atom. The highest BCUT2D eigenvalue weighted by Gasteiger charge is 2.21. The number of benzene rings is 1. The van der Waals surface area contributed by atoms with Crippen molar-refractivity contribution in [3.8, 4) is 5.75 Å². The van der Waals surface area contributed by atoms with Crippen molar-refractivity contribution in [3.63, 3.8) is 0 Å². The molecule has 0 aliphatic heterocycles. The van der Waals surface area contributed by atoms with E-state index in [0.717, 1.165) is 23.8 Å². The van der Waals surface area contributed by atoms with Gasteiger partial charge in [-0.1, -0.05) is 12.8 Å². The van der Waals surface area contributed by atoms with E-state index in [2.05, 4.69) is 0 Å². The molecule has 3 rings (SSSR count). The fourth-order valence-corrected chi connectivity index (χ4v) is 2.64. The number of aromatic hydroxyl groups is 1. The molecule has 1 saturated carbocycles. The molecule has 1 aromatic carbocycles. The molecule has 0 amide bonds. The zero-order valence-electron chi connectivity index (χ0n) is 9.48. The Morgan fingerprint density at radius 2 is 1.94 bits per heavy atom. The van der Waals surface area contributed by atoms with Gasteiger partial charge in [0.2, 0.25) is 0 Å². The Balaban J connectivity index is 2.16. The van der Waals surface area contributed by atoms with Crippen LogP contribution in [-0.4, -0.2) is 5.11 Å². The Labute approximate surface area is 98.7 Å². The minimum Gasteiger partial charge on any atom is -0.508 e. The largest absolute Gasteiger partial charge is 0.508 e. The fourth-order valence-electron chi connectivity index (χ4n) is 2.64. The van der Waals surface area contributed by atoms with Crippen molar-refractivity contribution in [1.29, 1.82) is 0 Å². The van der Waals surface area contributed by atoms with E-state index in [-0.39, 0.29) is 11.4 Å². The maximum Gasteiger partial charge on any atom is 0.339 e. The summed E-state index contributed by atoms with van der Waals surface area (Å²) in [4.78, 5) is 11.9. The van der Waals surface area contributed by atoms with Crippen LogP contribution in [0, 0.1) is 0 Å². The molecule has 2 aromatic rings. The summed E-state index contributed by atoms with van der Waals surface area (Å²) >= 11 is 0. The summed E-state index contributed by atoms with van der Waals surface area (Å²) in [6.45, 7) is 0. The van der Waals surface area contributed by atoms with E-state index >= 15 is 0 Å². The first-order valence-electron chi connectivity index (χ1n) is 6.01. The molecule has 1 heterocycles. The Kier molecular flexibility index (Phi) is 2.39. The summed E-state index contributed by atoms with van der Waals surface area (Å²) in [6, 6.07) is 6.79. The van der Waals surface area contributed by atoms with Gasteiger partial charge in [0.1, 0.15) is 11.3 Å². The van der Waals surface area contributed by atoms with Gasteiger partial charge in [-0.3, -0.25) is 0 Å². The van der Waals surface area contributed by atoms with Crippen LogP contribution in [0.4, 0.5) is 0 Å². The first-order chi connectivity index (χ1) is 8.24. The van der Waals surface area contributed by atoms with Crippen molar-refractivity contribution >= 4 is 11.0 Å². The Morgan fingerprint density at radius 1 is 1.18 bits per heavy atom. The first-order valence-corrected chi connectivity index (χ1v) is 6.01. The Bertz CT molecular complexity index is 606. The van der Waals surface area contributed by atoms with Gasteiger partial charge in [0, 0.05) is 17.0 Å². The quantitative estimate of drug-likeness (QED) is 0.765. The van der Waals surface area contributed by atoms with Crippen LogP contribution in [0.1, 0.15) is 37.2 Å². The average Bonchev–Trinajstić information content (AvgIpc) is 2.81. The zero-order valence-corrected chi connectivity index (χ0v) is 9.48. The monoisotopic (exact) mass is 230 g/mol. The highest BCUT2D eigenvalue weighted by molar-refractivity contribution is 5.78. The lowest BCUT2D eigenvalue weighted by Crippen LogP contribution is -2.10. The van der Waals surface area contributed by atoms with Crippen LogP contribution in [0.2, 0.25) is 0 Å². The van der Waals surface area contributed by atoms with Crippen molar-refractivity contribution in [3.05, 3.63) is 40.2 Å². The second kappa shape index (κ2) is 3.91. The predicted molar refractivity (Wildman–Crippen MR) is 65.4 cm³/mol. The standard InChI is InChI=1S/C14H14O3/c15-11-6-5-10-7-12(9-3-1-2-4-9)14(16)17-13(10)8-11/h5-9,15H,1-4H2. The molecule has 3 heteroatoms. The second-order valence-electron chi connectivity index (χ2n) is 4.69. The number of phenols is 1. The predicted octanol–water partition coefficient (Wildman–Crippen LogP) is 3.16. The summed E-state index contributed by atoms with van der Waals surface area (Å²) < 4.78 is 5.27. The van der Waals surface area contributed by atoms with E-state index in [1.54, 1.807) is 12.1 Å². The van der Waals surface area contributed by atoms with Gasteiger partial charge in [-0.25, -0.2) is 4.79 Å². The highest BCUT2D eigenvalue weighted by atomic mass is 16.4. The molecule has 0 unspecified atom stereocenters. The molecule has 0 atom stereocenters. The second-order valence-corrected chi connectivity index (χ2v) is 4.69. The first kappa shape index (κ1) is 10.4. The van der Waals surface area contributed by atoms with Crippen molar-refractivity contribution in [2.75, 3.05) is 0 Å². The topological polar surface area (TPSA) is 50.4 Å². The summed E-state index contributed by atoms with van der Waals surface area (Å²) in [5.74, 6) is 0.471. The van der Waals surface area contributed by atoms with Gasteiger partial charge in [0.15, 0.2) is 0 Å². The average molecular weight is 230 g/mol. The minimum atomic E-state index is -0.255. The zero-order chi connectivity index (χ0) is 11.8. The van der Waals surface area contributed by atoms with Crippen molar-refractivity contribution in [1.82, 2.24) is 0 Å². The van der Waals surface area contributed by atoms with E-state index in [4.69, 9.17) is 4.42 Å². The molecule has 1 aromatic heterocycles. The van der Waals surface area contributed by atoms with Crippen LogP contribution in [0.15, 0.2) is 33.5 Å². The van der Waals surface area contributed by atoms with Gasteiger partial charge in [-0.05, 0) is 37.0 Å². The van der Waals surface area contributed by atoms with Crippen LogP contribution < -0.4 is 5.63 Å². The molecule has 1 aliphatic carbocycles. The van der Waals surface area contributed by atoms with Crippen molar-refractivity contribution < 1.29 is 9.52 Å². The van der Waals surface area contributed by atoms with Gasteiger partial charge in [-0.15, -0.1) is 0 Å². The van der Waals surface area contributed by atoms with Crippen LogP contribution >= 0.6 is 0 Å². The third-order valence-electron chi connectivity index (χ3n) is 3.54. The lowest BCUT2D eigenvalue weighted by Gasteiger charge is -2.08. The summed E-state index contributed by atoms with van der Waals surface area (Å²) in [5, 5.41) is 10.2. The molecular weight excluding hydrogens is 216 g/mol. The van der Waals surface area contributed by atoms with Crippen molar-refractivity contribution in [2.24, 2.45) is 0 Å². The van der Waals surface area contributed by atoms with Crippen molar-refractivity contribution in [2.45, 2.75) is 31.6 Å². The molecule has 0 spiro atoms.